The molecule has 0 aromatic carbocycles. The van der Waals surface area contributed by atoms with Crippen molar-refractivity contribution < 1.29 is 0 Å². The second kappa shape index (κ2) is 4.60. The molecular formula is C11H23N3. The molecule has 3 nitrogen and oxygen atoms in total. The highest BCUT2D eigenvalue weighted by atomic mass is 15.1. The summed E-state index contributed by atoms with van der Waals surface area (Å²) in [6.45, 7) is 4.77. The lowest BCUT2D eigenvalue weighted by molar-refractivity contribution is 0.255. The van der Waals surface area contributed by atoms with E-state index >= 15 is 0 Å². The van der Waals surface area contributed by atoms with Crippen molar-refractivity contribution in [1.29, 1.82) is 0 Å². The molecule has 2 aliphatic heterocycles. The summed E-state index contributed by atoms with van der Waals surface area (Å²) in [5, 5.41) is 3.46. The molecule has 3 atom stereocenters. The van der Waals surface area contributed by atoms with E-state index in [9.17, 15) is 0 Å². The molecule has 0 aromatic rings. The predicted molar refractivity (Wildman–Crippen MR) is 59.2 cm³/mol. The van der Waals surface area contributed by atoms with Gasteiger partial charge in [0, 0.05) is 12.6 Å². The van der Waals surface area contributed by atoms with Gasteiger partial charge in [0.25, 0.3) is 0 Å². The minimum absolute atomic E-state index is 0.424. The standard InChI is InChI=1S/C11H23N3/c1-14-6-4-10(8-14)11(12)9-3-2-5-13-7-9/h9-11,13H,2-8,12H2,1H3. The smallest absolute Gasteiger partial charge is 0.0120 e. The van der Waals surface area contributed by atoms with Crippen molar-refractivity contribution in [2.75, 3.05) is 33.2 Å². The first-order valence-corrected chi connectivity index (χ1v) is 5.92. The van der Waals surface area contributed by atoms with E-state index in [0.29, 0.717) is 6.04 Å². The van der Waals surface area contributed by atoms with Crippen molar-refractivity contribution in [2.45, 2.75) is 25.3 Å². The molecule has 2 rings (SSSR count). The monoisotopic (exact) mass is 197 g/mol. The van der Waals surface area contributed by atoms with Crippen LogP contribution in [0, 0.1) is 11.8 Å². The first-order valence-electron chi connectivity index (χ1n) is 5.92. The van der Waals surface area contributed by atoms with Gasteiger partial charge in [0.2, 0.25) is 0 Å². The molecular weight excluding hydrogens is 174 g/mol. The average molecular weight is 197 g/mol. The maximum atomic E-state index is 6.35. The van der Waals surface area contributed by atoms with Crippen LogP contribution >= 0.6 is 0 Å². The summed E-state index contributed by atoms with van der Waals surface area (Å²) in [6, 6.07) is 0.424. The molecule has 0 amide bonds. The zero-order chi connectivity index (χ0) is 9.97. The maximum Gasteiger partial charge on any atom is 0.0120 e. The number of nitrogens with one attached hydrogen (secondary N) is 1. The van der Waals surface area contributed by atoms with Crippen molar-refractivity contribution in [2.24, 2.45) is 17.6 Å². The summed E-state index contributed by atoms with van der Waals surface area (Å²) >= 11 is 0. The van der Waals surface area contributed by atoms with Crippen LogP contribution < -0.4 is 11.1 Å². The second-order valence-electron chi connectivity index (χ2n) is 4.99. The number of hydrogen-bond acceptors (Lipinski definition) is 3. The Morgan fingerprint density at radius 3 is 2.79 bits per heavy atom. The zero-order valence-electron chi connectivity index (χ0n) is 9.21. The Balaban J connectivity index is 1.84. The molecule has 0 radical (unpaired) electrons. The molecule has 0 aromatic heterocycles. The Kier molecular flexibility index (Phi) is 3.42. The lowest BCUT2D eigenvalue weighted by Gasteiger charge is -2.31. The van der Waals surface area contributed by atoms with Gasteiger partial charge in [0.15, 0.2) is 0 Å². The number of nitrogens with two attached hydrogens (primary N) is 1. The number of hydrogen-bond donors (Lipinski definition) is 2. The van der Waals surface area contributed by atoms with Crippen LogP contribution in [0.15, 0.2) is 0 Å². The van der Waals surface area contributed by atoms with Crippen LogP contribution in [0.3, 0.4) is 0 Å². The number of piperidine rings is 1. The van der Waals surface area contributed by atoms with E-state index in [1.165, 1.54) is 38.9 Å². The first-order chi connectivity index (χ1) is 6.77. The van der Waals surface area contributed by atoms with E-state index in [4.69, 9.17) is 5.73 Å². The van der Waals surface area contributed by atoms with Crippen molar-refractivity contribution in [3.05, 3.63) is 0 Å². The molecule has 14 heavy (non-hydrogen) atoms. The number of nitrogens with zero attached hydrogens (tertiary/aromatic N) is 1. The summed E-state index contributed by atoms with van der Waals surface area (Å²) in [4.78, 5) is 2.40. The third kappa shape index (κ3) is 2.27. The molecule has 3 unspecified atom stereocenters. The Hall–Kier alpha value is -0.120. The minimum atomic E-state index is 0.424. The van der Waals surface area contributed by atoms with Crippen molar-refractivity contribution in [1.82, 2.24) is 10.2 Å². The highest BCUT2D eigenvalue weighted by molar-refractivity contribution is 4.88. The van der Waals surface area contributed by atoms with E-state index in [1.807, 2.05) is 0 Å². The fourth-order valence-electron chi connectivity index (χ4n) is 2.88. The van der Waals surface area contributed by atoms with Gasteiger partial charge in [-0.25, -0.2) is 0 Å². The van der Waals surface area contributed by atoms with E-state index in [0.717, 1.165) is 18.4 Å². The van der Waals surface area contributed by atoms with Gasteiger partial charge in [-0.3, -0.25) is 0 Å². The molecule has 2 fully saturated rings. The third-order valence-electron chi connectivity index (χ3n) is 3.85. The SMILES string of the molecule is CN1CCC(C(N)C2CCCNC2)C1. The zero-order valence-corrected chi connectivity index (χ0v) is 9.21. The molecule has 0 saturated carbocycles. The summed E-state index contributed by atoms with van der Waals surface area (Å²) in [6.07, 6.45) is 3.93. The van der Waals surface area contributed by atoms with Gasteiger partial charge in [-0.05, 0) is 57.8 Å². The third-order valence-corrected chi connectivity index (χ3v) is 3.85. The Labute approximate surface area is 87.0 Å². The summed E-state index contributed by atoms with van der Waals surface area (Å²) in [7, 11) is 2.20. The van der Waals surface area contributed by atoms with E-state index in [-0.39, 0.29) is 0 Å². The van der Waals surface area contributed by atoms with Gasteiger partial charge in [-0.1, -0.05) is 0 Å². The fourth-order valence-corrected chi connectivity index (χ4v) is 2.88. The lowest BCUT2D eigenvalue weighted by atomic mass is 9.84. The average Bonchev–Trinajstić information content (AvgIpc) is 2.65. The number of likely N-dealkylation sites (tertiary alicyclic amines) is 1. The van der Waals surface area contributed by atoms with Crippen molar-refractivity contribution in [3.8, 4) is 0 Å². The molecule has 3 N–H and O–H groups in total. The van der Waals surface area contributed by atoms with E-state index in [1.54, 1.807) is 0 Å². The van der Waals surface area contributed by atoms with Gasteiger partial charge in [0.05, 0.1) is 0 Å². The Morgan fingerprint density at radius 1 is 1.36 bits per heavy atom. The molecule has 0 spiro atoms. The molecule has 2 aliphatic rings. The summed E-state index contributed by atoms with van der Waals surface area (Å²) in [5.41, 5.74) is 6.35. The van der Waals surface area contributed by atoms with Crippen LogP contribution in [-0.4, -0.2) is 44.2 Å². The number of rotatable bonds is 2. The van der Waals surface area contributed by atoms with Crippen molar-refractivity contribution in [3.63, 3.8) is 0 Å². The molecule has 0 aliphatic carbocycles. The molecule has 82 valence electrons. The lowest BCUT2D eigenvalue weighted by Crippen LogP contribution is -2.45. The molecule has 2 saturated heterocycles. The quantitative estimate of drug-likeness (QED) is 0.667. The topological polar surface area (TPSA) is 41.3 Å². The van der Waals surface area contributed by atoms with Crippen LogP contribution in [0.25, 0.3) is 0 Å². The van der Waals surface area contributed by atoms with Crippen LogP contribution in [0.4, 0.5) is 0 Å². The van der Waals surface area contributed by atoms with Crippen molar-refractivity contribution >= 4 is 0 Å². The van der Waals surface area contributed by atoms with Crippen LogP contribution in [0.1, 0.15) is 19.3 Å². The minimum Gasteiger partial charge on any atom is -0.327 e. The van der Waals surface area contributed by atoms with Gasteiger partial charge >= 0.3 is 0 Å². The Bertz CT molecular complexity index is 173. The highest BCUT2D eigenvalue weighted by Crippen LogP contribution is 2.25. The first kappa shape index (κ1) is 10.4. The normalized spacial score (nSPS) is 37.3. The predicted octanol–water partition coefficient (Wildman–Crippen LogP) is 0.265. The maximum absolute atomic E-state index is 6.35. The van der Waals surface area contributed by atoms with E-state index < -0.39 is 0 Å². The van der Waals surface area contributed by atoms with Crippen LogP contribution in [0.5, 0.6) is 0 Å². The van der Waals surface area contributed by atoms with Gasteiger partial charge in [0.1, 0.15) is 0 Å². The van der Waals surface area contributed by atoms with Crippen LogP contribution in [-0.2, 0) is 0 Å². The van der Waals surface area contributed by atoms with E-state index in [2.05, 4.69) is 17.3 Å². The largest absolute Gasteiger partial charge is 0.327 e. The highest BCUT2D eigenvalue weighted by Gasteiger charge is 2.31. The second-order valence-corrected chi connectivity index (χ2v) is 4.99. The summed E-state index contributed by atoms with van der Waals surface area (Å²) in [5.74, 6) is 1.46. The van der Waals surface area contributed by atoms with Gasteiger partial charge < -0.3 is 16.0 Å². The fraction of sp³-hybridized carbons (Fsp3) is 1.00. The van der Waals surface area contributed by atoms with Crippen LogP contribution in [0.2, 0.25) is 0 Å². The van der Waals surface area contributed by atoms with Gasteiger partial charge in [-0.15, -0.1) is 0 Å². The summed E-state index contributed by atoms with van der Waals surface area (Å²) < 4.78 is 0. The Morgan fingerprint density at radius 2 is 2.21 bits per heavy atom. The molecule has 2 heterocycles. The van der Waals surface area contributed by atoms with Gasteiger partial charge in [-0.2, -0.15) is 0 Å². The molecule has 0 bridgehead atoms. The molecule has 3 heteroatoms.